The van der Waals surface area contributed by atoms with Crippen LogP contribution in [0.25, 0.3) is 10.9 Å². The molecule has 1 aromatic heterocycles. The molecule has 174 valence electrons. The molecule has 0 bridgehead atoms. The Kier molecular flexibility index (Phi) is 7.40. The van der Waals surface area contributed by atoms with Crippen LogP contribution >= 0.6 is 0 Å². The van der Waals surface area contributed by atoms with Crippen LogP contribution in [0.3, 0.4) is 0 Å². The fraction of sp³-hybridized carbons (Fsp3) is 0.423. The van der Waals surface area contributed by atoms with Gasteiger partial charge in [0.05, 0.1) is 10.9 Å². The third-order valence-electron chi connectivity index (χ3n) is 6.56. The van der Waals surface area contributed by atoms with Crippen LogP contribution in [0, 0.1) is 0 Å². The van der Waals surface area contributed by atoms with Gasteiger partial charge in [0.2, 0.25) is 0 Å². The van der Waals surface area contributed by atoms with Crippen molar-refractivity contribution in [2.45, 2.75) is 51.6 Å². The molecule has 1 aliphatic heterocycles. The van der Waals surface area contributed by atoms with Crippen LogP contribution in [0.4, 0.5) is 0 Å². The van der Waals surface area contributed by atoms with Crippen LogP contribution in [0.2, 0.25) is 0 Å². The van der Waals surface area contributed by atoms with Crippen LogP contribution in [-0.2, 0) is 13.0 Å². The number of aromatic amines is 1. The quantitative estimate of drug-likeness (QED) is 0.519. The van der Waals surface area contributed by atoms with E-state index >= 15 is 0 Å². The zero-order chi connectivity index (χ0) is 23.2. The Labute approximate surface area is 193 Å². The first-order chi connectivity index (χ1) is 16.0. The maximum absolute atomic E-state index is 12.9. The number of hydrogen-bond acceptors (Lipinski definition) is 4. The minimum absolute atomic E-state index is 0.197. The number of fused-ring (bicyclic) bond motifs is 1. The fourth-order valence-electron chi connectivity index (χ4n) is 4.56. The Hall–Kier alpha value is -3.19. The highest BCUT2D eigenvalue weighted by molar-refractivity contribution is 5.97. The largest absolute Gasteiger partial charge is 0.352 e. The maximum Gasteiger partial charge on any atom is 0.328 e. The fourth-order valence-corrected chi connectivity index (χ4v) is 4.56. The van der Waals surface area contributed by atoms with Crippen LogP contribution in [-0.4, -0.2) is 46.0 Å². The Morgan fingerprint density at radius 3 is 2.70 bits per heavy atom. The predicted molar refractivity (Wildman–Crippen MR) is 131 cm³/mol. The highest BCUT2D eigenvalue weighted by atomic mass is 16.2. The molecule has 7 heteroatoms. The van der Waals surface area contributed by atoms with E-state index in [0.717, 1.165) is 25.1 Å². The summed E-state index contributed by atoms with van der Waals surface area (Å²) in [6, 6.07) is 15.2. The number of nitrogens with zero attached hydrogens (tertiary/aromatic N) is 2. The van der Waals surface area contributed by atoms with E-state index in [1.807, 2.05) is 30.3 Å². The molecule has 1 atom stereocenters. The number of hydrogen-bond donors (Lipinski definition) is 2. The van der Waals surface area contributed by atoms with Crippen molar-refractivity contribution < 1.29 is 4.79 Å². The molecule has 2 aromatic carbocycles. The topological polar surface area (TPSA) is 87.2 Å². The first kappa shape index (κ1) is 23.0. The molecule has 1 fully saturated rings. The highest BCUT2D eigenvalue weighted by Crippen LogP contribution is 2.16. The second-order valence-corrected chi connectivity index (χ2v) is 8.87. The molecule has 1 amide bonds. The predicted octanol–water partition coefficient (Wildman–Crippen LogP) is 2.93. The average molecular weight is 449 g/mol. The van der Waals surface area contributed by atoms with E-state index < -0.39 is 5.69 Å². The second kappa shape index (κ2) is 10.6. The molecular weight excluding hydrogens is 416 g/mol. The van der Waals surface area contributed by atoms with E-state index in [9.17, 15) is 14.4 Å². The van der Waals surface area contributed by atoms with Gasteiger partial charge in [-0.05, 0) is 62.9 Å². The van der Waals surface area contributed by atoms with Crippen LogP contribution in [0.5, 0.6) is 0 Å². The van der Waals surface area contributed by atoms with E-state index in [1.165, 1.54) is 23.8 Å². The Balaban J connectivity index is 1.39. The van der Waals surface area contributed by atoms with Crippen molar-refractivity contribution in [3.8, 4) is 0 Å². The molecule has 1 aliphatic rings. The molecule has 4 rings (SSSR count). The van der Waals surface area contributed by atoms with Gasteiger partial charge in [-0.3, -0.25) is 14.2 Å². The molecule has 0 radical (unpaired) electrons. The van der Waals surface area contributed by atoms with Crippen molar-refractivity contribution in [3.63, 3.8) is 0 Å². The van der Waals surface area contributed by atoms with E-state index in [1.54, 1.807) is 18.2 Å². The summed E-state index contributed by atoms with van der Waals surface area (Å²) in [5, 5.41) is 3.36. The molecule has 0 spiro atoms. The van der Waals surface area contributed by atoms with Gasteiger partial charge in [-0.1, -0.05) is 36.8 Å². The summed E-state index contributed by atoms with van der Waals surface area (Å²) in [5.74, 6) is -0.197. The number of H-pyrrole nitrogens is 1. The molecular formula is C26H32N4O3. The van der Waals surface area contributed by atoms with Crippen molar-refractivity contribution in [2.75, 3.05) is 19.6 Å². The Morgan fingerprint density at radius 1 is 1.09 bits per heavy atom. The average Bonchev–Trinajstić information content (AvgIpc) is 2.83. The van der Waals surface area contributed by atoms with Gasteiger partial charge in [0.25, 0.3) is 11.5 Å². The van der Waals surface area contributed by atoms with Crippen molar-refractivity contribution in [2.24, 2.45) is 0 Å². The Bertz CT molecular complexity index is 1220. The lowest BCUT2D eigenvalue weighted by Gasteiger charge is -2.33. The van der Waals surface area contributed by atoms with Crippen LogP contribution in [0.1, 0.15) is 48.5 Å². The smallest absolute Gasteiger partial charge is 0.328 e. The summed E-state index contributed by atoms with van der Waals surface area (Å²) in [6.45, 7) is 5.28. The number of benzene rings is 2. The first-order valence-electron chi connectivity index (χ1n) is 11.9. The summed E-state index contributed by atoms with van der Waals surface area (Å²) < 4.78 is 1.22. The third kappa shape index (κ3) is 5.60. The van der Waals surface area contributed by atoms with Gasteiger partial charge < -0.3 is 15.2 Å². The minimum atomic E-state index is -0.461. The van der Waals surface area contributed by atoms with E-state index in [0.29, 0.717) is 42.0 Å². The lowest BCUT2D eigenvalue weighted by molar-refractivity contribution is 0.0949. The van der Waals surface area contributed by atoms with E-state index in [-0.39, 0.29) is 11.5 Å². The molecule has 0 saturated carbocycles. The first-order valence-corrected chi connectivity index (χ1v) is 11.9. The van der Waals surface area contributed by atoms with Gasteiger partial charge in [0.15, 0.2) is 0 Å². The number of carbonyl (C=O) groups excluding carboxylic acids is 1. The van der Waals surface area contributed by atoms with Crippen LogP contribution < -0.4 is 16.6 Å². The maximum atomic E-state index is 12.9. The zero-order valence-electron chi connectivity index (χ0n) is 19.2. The Morgan fingerprint density at radius 2 is 1.91 bits per heavy atom. The van der Waals surface area contributed by atoms with Gasteiger partial charge in [0, 0.05) is 31.2 Å². The molecule has 0 aliphatic carbocycles. The lowest BCUT2D eigenvalue weighted by atomic mass is 10.0. The van der Waals surface area contributed by atoms with Crippen LogP contribution in [0.15, 0.2) is 58.1 Å². The van der Waals surface area contributed by atoms with Crippen molar-refractivity contribution in [1.82, 2.24) is 19.8 Å². The zero-order valence-corrected chi connectivity index (χ0v) is 19.2. The molecule has 3 aromatic rings. The summed E-state index contributed by atoms with van der Waals surface area (Å²) >= 11 is 0. The molecule has 0 unspecified atom stereocenters. The van der Waals surface area contributed by atoms with Crippen molar-refractivity contribution in [3.05, 3.63) is 80.5 Å². The molecule has 2 N–H and O–H groups in total. The second-order valence-electron chi connectivity index (χ2n) is 8.87. The van der Waals surface area contributed by atoms with Gasteiger partial charge in [-0.2, -0.15) is 0 Å². The summed E-state index contributed by atoms with van der Waals surface area (Å²) in [7, 11) is 0. The van der Waals surface area contributed by atoms with Gasteiger partial charge in [0.1, 0.15) is 0 Å². The van der Waals surface area contributed by atoms with Gasteiger partial charge in [-0.15, -0.1) is 0 Å². The van der Waals surface area contributed by atoms with Gasteiger partial charge in [-0.25, -0.2) is 4.79 Å². The number of amides is 1. The van der Waals surface area contributed by atoms with E-state index in [4.69, 9.17) is 0 Å². The SMILES string of the molecule is C[C@@H]1CCCCN1CCCNC(=O)c1ccc2c(=O)n(CCc3ccccc3)c(=O)[nH]c2c1. The van der Waals surface area contributed by atoms with Gasteiger partial charge >= 0.3 is 5.69 Å². The summed E-state index contributed by atoms with van der Waals surface area (Å²) in [5.41, 5.74) is 1.08. The number of aryl methyl sites for hydroxylation is 1. The van der Waals surface area contributed by atoms with Crippen molar-refractivity contribution in [1.29, 1.82) is 0 Å². The molecule has 2 heterocycles. The normalized spacial score (nSPS) is 16.7. The summed E-state index contributed by atoms with van der Waals surface area (Å²) in [6.07, 6.45) is 5.28. The standard InChI is InChI=1S/C26H32N4O3/c1-19-8-5-6-15-29(19)16-7-14-27-24(31)21-11-12-22-23(18-21)28-26(33)30(25(22)32)17-13-20-9-3-2-4-10-20/h2-4,9-12,18-19H,5-8,13-17H2,1H3,(H,27,31)(H,28,33)/t19-/m1/s1. The molecule has 7 nitrogen and oxygen atoms in total. The number of carbonyl (C=O) groups is 1. The summed E-state index contributed by atoms with van der Waals surface area (Å²) in [4.78, 5) is 43.3. The third-order valence-corrected chi connectivity index (χ3v) is 6.56. The van der Waals surface area contributed by atoms with E-state index in [2.05, 4.69) is 22.1 Å². The number of likely N-dealkylation sites (tertiary alicyclic amines) is 1. The number of rotatable bonds is 8. The molecule has 1 saturated heterocycles. The molecule has 33 heavy (non-hydrogen) atoms. The lowest BCUT2D eigenvalue weighted by Crippen LogP contribution is -2.39. The number of nitrogens with one attached hydrogen (secondary N) is 2. The highest BCUT2D eigenvalue weighted by Gasteiger charge is 2.17. The monoisotopic (exact) mass is 448 g/mol. The number of aromatic nitrogens is 2. The number of piperidine rings is 1. The minimum Gasteiger partial charge on any atom is -0.352 e. The van der Waals surface area contributed by atoms with Crippen molar-refractivity contribution >= 4 is 16.8 Å².